The molecule has 0 bridgehead atoms. The van der Waals surface area contributed by atoms with Crippen molar-refractivity contribution in [3.05, 3.63) is 77.6 Å². The summed E-state index contributed by atoms with van der Waals surface area (Å²) in [4.78, 5) is 25.3. The summed E-state index contributed by atoms with van der Waals surface area (Å²) in [6.07, 6.45) is 1.75. The first-order chi connectivity index (χ1) is 14.9. The SMILES string of the molecule is Cc1ccnc(Nc2cc(Nc3ccc(NC(=O)c4cc(C)on4)cc3)nc(C)n2)c1. The van der Waals surface area contributed by atoms with E-state index in [0.717, 1.165) is 11.3 Å². The molecule has 0 aliphatic carbocycles. The molecule has 9 nitrogen and oxygen atoms in total. The van der Waals surface area contributed by atoms with Gasteiger partial charge in [0.15, 0.2) is 5.69 Å². The zero-order valence-corrected chi connectivity index (χ0v) is 17.3. The minimum absolute atomic E-state index is 0.235. The van der Waals surface area contributed by atoms with Gasteiger partial charge in [-0.3, -0.25) is 4.79 Å². The zero-order valence-electron chi connectivity index (χ0n) is 17.3. The third-order valence-corrected chi connectivity index (χ3v) is 4.29. The van der Waals surface area contributed by atoms with E-state index in [2.05, 4.69) is 36.1 Å². The van der Waals surface area contributed by atoms with E-state index in [1.165, 1.54) is 0 Å². The molecule has 0 aliphatic rings. The summed E-state index contributed by atoms with van der Waals surface area (Å²) >= 11 is 0. The molecule has 0 spiro atoms. The summed E-state index contributed by atoms with van der Waals surface area (Å²) in [5, 5.41) is 12.9. The minimum atomic E-state index is -0.329. The average Bonchev–Trinajstić information content (AvgIpc) is 3.16. The molecule has 0 atom stereocenters. The molecule has 0 saturated heterocycles. The van der Waals surface area contributed by atoms with Gasteiger partial charge in [0.2, 0.25) is 0 Å². The van der Waals surface area contributed by atoms with Gasteiger partial charge < -0.3 is 20.5 Å². The van der Waals surface area contributed by atoms with Crippen molar-refractivity contribution in [2.24, 2.45) is 0 Å². The molecule has 0 unspecified atom stereocenters. The van der Waals surface area contributed by atoms with E-state index in [1.54, 1.807) is 37.4 Å². The molecule has 0 saturated carbocycles. The Labute approximate surface area is 178 Å². The van der Waals surface area contributed by atoms with Gasteiger partial charge in [-0.1, -0.05) is 5.16 Å². The first-order valence-electron chi connectivity index (χ1n) is 9.62. The van der Waals surface area contributed by atoms with E-state index in [1.807, 2.05) is 38.1 Å². The van der Waals surface area contributed by atoms with Crippen LogP contribution in [-0.2, 0) is 0 Å². The van der Waals surface area contributed by atoms with Crippen LogP contribution >= 0.6 is 0 Å². The second-order valence-corrected chi connectivity index (χ2v) is 7.01. The zero-order chi connectivity index (χ0) is 21.8. The summed E-state index contributed by atoms with van der Waals surface area (Å²) in [5.41, 5.74) is 2.79. The maximum atomic E-state index is 12.2. The molecule has 0 fully saturated rings. The normalized spacial score (nSPS) is 10.5. The summed E-state index contributed by atoms with van der Waals surface area (Å²) in [6, 6.07) is 14.5. The number of rotatable bonds is 6. The van der Waals surface area contributed by atoms with Crippen LogP contribution in [0.4, 0.5) is 28.8 Å². The summed E-state index contributed by atoms with van der Waals surface area (Å²) in [6.45, 7) is 5.56. The van der Waals surface area contributed by atoms with Gasteiger partial charge >= 0.3 is 0 Å². The predicted octanol–water partition coefficient (Wildman–Crippen LogP) is 4.52. The number of aromatic nitrogens is 4. The first-order valence-corrected chi connectivity index (χ1v) is 9.62. The quantitative estimate of drug-likeness (QED) is 0.421. The molecule has 1 aromatic carbocycles. The Morgan fingerprint density at radius 2 is 1.55 bits per heavy atom. The highest BCUT2D eigenvalue weighted by molar-refractivity contribution is 6.02. The molecule has 3 N–H and O–H groups in total. The fraction of sp³-hybridized carbons (Fsp3) is 0.136. The Bertz CT molecular complexity index is 1220. The van der Waals surface area contributed by atoms with Crippen molar-refractivity contribution < 1.29 is 9.32 Å². The van der Waals surface area contributed by atoms with Crippen LogP contribution in [0, 0.1) is 20.8 Å². The van der Waals surface area contributed by atoms with Crippen LogP contribution in [0.3, 0.4) is 0 Å². The molecule has 4 aromatic rings. The third kappa shape index (κ3) is 5.21. The van der Waals surface area contributed by atoms with Crippen molar-refractivity contribution in [2.45, 2.75) is 20.8 Å². The standard InChI is InChI=1S/C22H21N7O2/c1-13-8-9-23-19(10-13)28-21-12-20(24-15(3)25-21)26-16-4-6-17(7-5-16)27-22(30)18-11-14(2)31-29-18/h4-12H,1-3H3,(H,27,30)(H2,23,24,25,26,28). The van der Waals surface area contributed by atoms with Crippen LogP contribution in [0.1, 0.15) is 27.6 Å². The van der Waals surface area contributed by atoms with E-state index in [0.29, 0.717) is 34.7 Å². The third-order valence-electron chi connectivity index (χ3n) is 4.29. The van der Waals surface area contributed by atoms with E-state index < -0.39 is 0 Å². The van der Waals surface area contributed by atoms with Gasteiger partial charge in [-0.15, -0.1) is 0 Å². The van der Waals surface area contributed by atoms with Crippen LogP contribution in [0.25, 0.3) is 0 Å². The number of nitrogens with one attached hydrogen (secondary N) is 3. The Kier molecular flexibility index (Phi) is 5.57. The highest BCUT2D eigenvalue weighted by Gasteiger charge is 2.11. The lowest BCUT2D eigenvalue weighted by Crippen LogP contribution is -2.12. The number of carbonyl (C=O) groups is 1. The molecule has 3 aromatic heterocycles. The largest absolute Gasteiger partial charge is 0.361 e. The second-order valence-electron chi connectivity index (χ2n) is 7.01. The summed E-state index contributed by atoms with van der Waals surface area (Å²) in [5.74, 6) is 2.86. The van der Waals surface area contributed by atoms with Crippen molar-refractivity contribution in [2.75, 3.05) is 16.0 Å². The average molecular weight is 415 g/mol. The van der Waals surface area contributed by atoms with Crippen molar-refractivity contribution >= 4 is 34.7 Å². The highest BCUT2D eigenvalue weighted by Crippen LogP contribution is 2.21. The maximum absolute atomic E-state index is 12.2. The molecule has 31 heavy (non-hydrogen) atoms. The van der Waals surface area contributed by atoms with Crippen LogP contribution < -0.4 is 16.0 Å². The number of hydrogen-bond acceptors (Lipinski definition) is 8. The molecular weight excluding hydrogens is 394 g/mol. The number of pyridine rings is 1. The number of nitrogens with zero attached hydrogens (tertiary/aromatic N) is 4. The van der Waals surface area contributed by atoms with Gasteiger partial charge in [-0.2, -0.15) is 0 Å². The molecule has 0 radical (unpaired) electrons. The fourth-order valence-corrected chi connectivity index (χ4v) is 2.88. The Hall–Kier alpha value is -4.27. The number of aryl methyl sites for hydroxylation is 3. The van der Waals surface area contributed by atoms with Crippen LogP contribution in [0.5, 0.6) is 0 Å². The molecule has 3 heterocycles. The smallest absolute Gasteiger partial charge is 0.277 e. The van der Waals surface area contributed by atoms with Crippen LogP contribution in [-0.4, -0.2) is 26.0 Å². The first kappa shape index (κ1) is 20.0. The fourth-order valence-electron chi connectivity index (χ4n) is 2.88. The Morgan fingerprint density at radius 3 is 2.23 bits per heavy atom. The maximum Gasteiger partial charge on any atom is 0.277 e. The van der Waals surface area contributed by atoms with E-state index in [4.69, 9.17) is 4.52 Å². The van der Waals surface area contributed by atoms with E-state index >= 15 is 0 Å². The highest BCUT2D eigenvalue weighted by atomic mass is 16.5. The van der Waals surface area contributed by atoms with Gasteiger partial charge in [0.25, 0.3) is 5.91 Å². The van der Waals surface area contributed by atoms with E-state index in [-0.39, 0.29) is 11.6 Å². The van der Waals surface area contributed by atoms with Crippen molar-refractivity contribution in [1.82, 2.24) is 20.1 Å². The number of benzene rings is 1. The van der Waals surface area contributed by atoms with Gasteiger partial charge in [0.05, 0.1) is 0 Å². The number of amides is 1. The van der Waals surface area contributed by atoms with Crippen molar-refractivity contribution in [3.63, 3.8) is 0 Å². The van der Waals surface area contributed by atoms with Gasteiger partial charge in [0, 0.05) is 29.7 Å². The number of carbonyl (C=O) groups excluding carboxylic acids is 1. The summed E-state index contributed by atoms with van der Waals surface area (Å²) < 4.78 is 4.93. The topological polar surface area (TPSA) is 118 Å². The molecule has 4 rings (SSSR count). The van der Waals surface area contributed by atoms with Crippen molar-refractivity contribution in [1.29, 1.82) is 0 Å². The van der Waals surface area contributed by atoms with Gasteiger partial charge in [-0.25, -0.2) is 15.0 Å². The van der Waals surface area contributed by atoms with Crippen LogP contribution in [0.15, 0.2) is 59.3 Å². The second kappa shape index (κ2) is 8.62. The molecule has 0 aliphatic heterocycles. The predicted molar refractivity (Wildman–Crippen MR) is 118 cm³/mol. The summed E-state index contributed by atoms with van der Waals surface area (Å²) in [7, 11) is 0. The lowest BCUT2D eigenvalue weighted by atomic mass is 10.2. The molecule has 9 heteroatoms. The Balaban J connectivity index is 1.44. The lowest BCUT2D eigenvalue weighted by Gasteiger charge is -2.11. The number of hydrogen-bond donors (Lipinski definition) is 3. The number of anilines is 5. The van der Waals surface area contributed by atoms with Gasteiger partial charge in [0.1, 0.15) is 29.0 Å². The minimum Gasteiger partial charge on any atom is -0.361 e. The molecular formula is C22H21N7O2. The Morgan fingerprint density at radius 1 is 0.839 bits per heavy atom. The molecule has 1 amide bonds. The lowest BCUT2D eigenvalue weighted by molar-refractivity contribution is 0.101. The van der Waals surface area contributed by atoms with E-state index in [9.17, 15) is 4.79 Å². The monoisotopic (exact) mass is 415 g/mol. The van der Waals surface area contributed by atoms with Gasteiger partial charge in [-0.05, 0) is 62.7 Å². The van der Waals surface area contributed by atoms with Crippen molar-refractivity contribution in [3.8, 4) is 0 Å². The van der Waals surface area contributed by atoms with Crippen LogP contribution in [0.2, 0.25) is 0 Å². The molecule has 156 valence electrons.